The van der Waals surface area contributed by atoms with Crippen LogP contribution in [0, 0.1) is 6.92 Å². The third-order valence-corrected chi connectivity index (χ3v) is 4.14. The van der Waals surface area contributed by atoms with Crippen LogP contribution in [-0.4, -0.2) is 38.5 Å². The maximum atomic E-state index is 12.8. The average Bonchev–Trinajstić information content (AvgIpc) is 3.14. The summed E-state index contributed by atoms with van der Waals surface area (Å²) in [6.45, 7) is 3.51. The lowest BCUT2D eigenvalue weighted by atomic mass is 10.3. The van der Waals surface area contributed by atoms with Crippen molar-refractivity contribution in [2.24, 2.45) is 0 Å². The van der Waals surface area contributed by atoms with Crippen LogP contribution < -0.4 is 5.32 Å². The molecule has 0 bridgehead atoms. The number of carbonyl (C=O) groups is 2. The Morgan fingerprint density at radius 3 is 2.52 bits per heavy atom. The highest BCUT2D eigenvalue weighted by molar-refractivity contribution is 6.31. The molecule has 0 fully saturated rings. The fourth-order valence-corrected chi connectivity index (χ4v) is 2.51. The Morgan fingerprint density at radius 2 is 2.00 bits per heavy atom. The van der Waals surface area contributed by atoms with Gasteiger partial charge in [0.25, 0.3) is 0 Å². The number of carbonyl (C=O) groups excluding carboxylic acids is 2. The van der Waals surface area contributed by atoms with E-state index in [0.29, 0.717) is 6.54 Å². The second-order valence-corrected chi connectivity index (χ2v) is 5.88. The first-order chi connectivity index (χ1) is 12.6. The number of nitrogens with one attached hydrogen (secondary N) is 1. The largest absolute Gasteiger partial charge is 0.464 e. The first-order valence-corrected chi connectivity index (χ1v) is 8.22. The van der Waals surface area contributed by atoms with Gasteiger partial charge in [-0.15, -0.1) is 0 Å². The molecule has 0 spiro atoms. The lowest BCUT2D eigenvalue weighted by Crippen LogP contribution is -2.17. The normalized spacial score (nSPS) is 11.5. The second-order valence-electron chi connectivity index (χ2n) is 5.51. The molecule has 2 aromatic rings. The van der Waals surface area contributed by atoms with E-state index in [2.05, 4.69) is 20.3 Å². The number of rotatable bonds is 6. The van der Waals surface area contributed by atoms with E-state index in [1.54, 1.807) is 6.92 Å². The summed E-state index contributed by atoms with van der Waals surface area (Å²) in [6.07, 6.45) is -3.41. The van der Waals surface area contributed by atoms with Gasteiger partial charge in [0.1, 0.15) is 0 Å². The molecule has 148 valence electrons. The number of nitrogens with zero attached hydrogens (tertiary/aromatic N) is 4. The predicted octanol–water partition coefficient (Wildman–Crippen LogP) is 2.90. The van der Waals surface area contributed by atoms with Gasteiger partial charge in [-0.3, -0.25) is 14.2 Å². The topological polar surface area (TPSA) is 91.0 Å². The van der Waals surface area contributed by atoms with Crippen LogP contribution in [0.3, 0.4) is 0 Å². The zero-order chi connectivity index (χ0) is 20.4. The summed E-state index contributed by atoms with van der Waals surface area (Å²) >= 11 is 5.67. The molecule has 0 aliphatic rings. The fraction of sp³-hybridized carbons (Fsp3) is 0.467. The molecule has 8 nitrogen and oxygen atoms in total. The summed E-state index contributed by atoms with van der Waals surface area (Å²) < 4.78 is 45.5. The van der Waals surface area contributed by atoms with Gasteiger partial charge in [-0.2, -0.15) is 23.4 Å². The third-order valence-electron chi connectivity index (χ3n) is 3.69. The molecule has 12 heteroatoms. The molecule has 2 heterocycles. The van der Waals surface area contributed by atoms with E-state index in [1.165, 1.54) is 24.9 Å². The summed E-state index contributed by atoms with van der Waals surface area (Å²) in [4.78, 5) is 23.9. The maximum absolute atomic E-state index is 12.8. The number of aryl methyl sites for hydroxylation is 2. The third kappa shape index (κ3) is 4.59. The number of halogens is 4. The molecule has 0 aliphatic carbocycles. The highest BCUT2D eigenvalue weighted by Gasteiger charge is 2.38. The average molecular weight is 408 g/mol. The Morgan fingerprint density at radius 1 is 1.33 bits per heavy atom. The predicted molar refractivity (Wildman–Crippen MR) is 89.5 cm³/mol. The molecule has 27 heavy (non-hydrogen) atoms. The van der Waals surface area contributed by atoms with Crippen LogP contribution in [0.5, 0.6) is 0 Å². The van der Waals surface area contributed by atoms with Gasteiger partial charge in [-0.25, -0.2) is 4.79 Å². The minimum Gasteiger partial charge on any atom is -0.464 e. The number of hydrogen-bond donors (Lipinski definition) is 1. The Hall–Kier alpha value is -2.56. The standard InChI is InChI=1S/C15H17ClF3N5O3/c1-4-23-7-9(12(21-23)14(26)27-3)20-10(25)5-6-24-8(2)11(16)13(22-24)15(17,18)19/h7H,4-6H2,1-3H3,(H,20,25). The molecule has 0 saturated carbocycles. The van der Waals surface area contributed by atoms with Crippen LogP contribution in [0.1, 0.15) is 35.2 Å². The van der Waals surface area contributed by atoms with Crippen molar-refractivity contribution in [2.75, 3.05) is 12.4 Å². The smallest absolute Gasteiger partial charge is 0.436 e. The van der Waals surface area contributed by atoms with Gasteiger partial charge in [-0.05, 0) is 13.8 Å². The highest BCUT2D eigenvalue weighted by atomic mass is 35.5. The van der Waals surface area contributed by atoms with E-state index in [9.17, 15) is 22.8 Å². The zero-order valence-corrected chi connectivity index (χ0v) is 15.5. The zero-order valence-electron chi connectivity index (χ0n) is 14.7. The van der Waals surface area contributed by atoms with Gasteiger partial charge in [-0.1, -0.05) is 11.6 Å². The molecule has 0 aliphatic heterocycles. The van der Waals surface area contributed by atoms with Crippen LogP contribution in [0.2, 0.25) is 5.02 Å². The van der Waals surface area contributed by atoms with Crippen LogP contribution in [-0.2, 0) is 28.8 Å². The Kier molecular flexibility index (Phi) is 6.14. The number of aromatic nitrogens is 4. The van der Waals surface area contributed by atoms with Crippen LogP contribution in [0.25, 0.3) is 0 Å². The Bertz CT molecular complexity index is 860. The summed E-state index contributed by atoms with van der Waals surface area (Å²) in [7, 11) is 1.18. The molecular weight excluding hydrogens is 391 g/mol. The number of esters is 1. The van der Waals surface area contributed by atoms with Crippen molar-refractivity contribution in [3.63, 3.8) is 0 Å². The number of anilines is 1. The van der Waals surface area contributed by atoms with Crippen LogP contribution in [0.4, 0.5) is 18.9 Å². The molecule has 0 aromatic carbocycles. The number of hydrogen-bond acceptors (Lipinski definition) is 5. The monoisotopic (exact) mass is 407 g/mol. The summed E-state index contributed by atoms with van der Waals surface area (Å²) in [5, 5.41) is 9.42. The van der Waals surface area contributed by atoms with Crippen molar-refractivity contribution in [3.8, 4) is 0 Å². The second kappa shape index (κ2) is 7.99. The molecule has 1 amide bonds. The van der Waals surface area contributed by atoms with Crippen molar-refractivity contribution >= 4 is 29.2 Å². The van der Waals surface area contributed by atoms with Gasteiger partial charge in [0.05, 0.1) is 30.1 Å². The summed E-state index contributed by atoms with van der Waals surface area (Å²) in [5.41, 5.74) is -1.00. The lowest BCUT2D eigenvalue weighted by Gasteiger charge is -2.06. The van der Waals surface area contributed by atoms with E-state index in [0.717, 1.165) is 4.68 Å². The molecule has 0 atom stereocenters. The van der Waals surface area contributed by atoms with Gasteiger partial charge >= 0.3 is 12.1 Å². The van der Waals surface area contributed by atoms with E-state index >= 15 is 0 Å². The Balaban J connectivity index is 2.10. The molecule has 2 aromatic heterocycles. The fourth-order valence-electron chi connectivity index (χ4n) is 2.27. The molecule has 0 radical (unpaired) electrons. The number of amides is 1. The van der Waals surface area contributed by atoms with Crippen LogP contribution >= 0.6 is 11.6 Å². The van der Waals surface area contributed by atoms with E-state index < -0.39 is 28.8 Å². The van der Waals surface area contributed by atoms with E-state index in [1.807, 2.05) is 0 Å². The SMILES string of the molecule is CCn1cc(NC(=O)CCn2nc(C(F)(F)F)c(Cl)c2C)c(C(=O)OC)n1. The minimum atomic E-state index is -4.68. The van der Waals surface area contributed by atoms with Crippen molar-refractivity contribution in [3.05, 3.63) is 28.3 Å². The number of alkyl halides is 3. The molecule has 1 N–H and O–H groups in total. The quantitative estimate of drug-likeness (QED) is 0.743. The maximum Gasteiger partial charge on any atom is 0.436 e. The Labute approximate surface area is 157 Å². The molecule has 0 saturated heterocycles. The van der Waals surface area contributed by atoms with E-state index in [-0.39, 0.29) is 30.0 Å². The van der Waals surface area contributed by atoms with Crippen molar-refractivity contribution in [1.29, 1.82) is 0 Å². The molecule has 2 rings (SSSR count). The van der Waals surface area contributed by atoms with E-state index in [4.69, 9.17) is 11.6 Å². The lowest BCUT2D eigenvalue weighted by molar-refractivity contribution is -0.141. The first-order valence-electron chi connectivity index (χ1n) is 7.84. The van der Waals surface area contributed by atoms with Crippen LogP contribution in [0.15, 0.2) is 6.20 Å². The van der Waals surface area contributed by atoms with Crippen molar-refractivity contribution in [2.45, 2.75) is 39.5 Å². The summed E-state index contributed by atoms with van der Waals surface area (Å²) in [6, 6.07) is 0. The van der Waals surface area contributed by atoms with Crippen molar-refractivity contribution < 1.29 is 27.5 Å². The van der Waals surface area contributed by atoms with Gasteiger partial charge in [0, 0.05) is 19.2 Å². The first kappa shape index (κ1) is 20.7. The van der Waals surface area contributed by atoms with Gasteiger partial charge < -0.3 is 10.1 Å². The van der Waals surface area contributed by atoms with Gasteiger partial charge in [0.2, 0.25) is 5.91 Å². The number of methoxy groups -OCH3 is 1. The van der Waals surface area contributed by atoms with Gasteiger partial charge in [0.15, 0.2) is 11.4 Å². The minimum absolute atomic E-state index is 0.0645. The summed E-state index contributed by atoms with van der Waals surface area (Å²) in [5.74, 6) is -1.25. The van der Waals surface area contributed by atoms with Crippen molar-refractivity contribution in [1.82, 2.24) is 19.6 Å². The molecular formula is C15H17ClF3N5O3. The number of ether oxygens (including phenoxy) is 1. The molecule has 0 unspecified atom stereocenters. The highest BCUT2D eigenvalue weighted by Crippen LogP contribution is 2.35.